The second-order valence-electron chi connectivity index (χ2n) is 6.12. The van der Waals surface area contributed by atoms with Crippen LogP contribution in [-0.4, -0.2) is 48.9 Å². The molecule has 2 aliphatic heterocycles. The summed E-state index contributed by atoms with van der Waals surface area (Å²) in [5, 5.41) is 6.70. The highest BCUT2D eigenvalue weighted by Crippen LogP contribution is 2.26. The van der Waals surface area contributed by atoms with Gasteiger partial charge in [-0.05, 0) is 43.0 Å². The molecule has 6 heteroatoms. The van der Waals surface area contributed by atoms with Crippen molar-refractivity contribution in [3.63, 3.8) is 0 Å². The van der Waals surface area contributed by atoms with E-state index in [4.69, 9.17) is 11.6 Å². The van der Waals surface area contributed by atoms with Gasteiger partial charge in [0.15, 0.2) is 0 Å². The lowest BCUT2D eigenvalue weighted by Gasteiger charge is -2.22. The molecule has 2 aliphatic rings. The largest absolute Gasteiger partial charge is 0.341 e. The number of nitrogens with one attached hydrogen (secondary N) is 2. The lowest BCUT2D eigenvalue weighted by Crippen LogP contribution is -2.46. The van der Waals surface area contributed by atoms with E-state index >= 15 is 0 Å². The third-order valence-electron chi connectivity index (χ3n) is 4.53. The van der Waals surface area contributed by atoms with Crippen molar-refractivity contribution in [2.75, 3.05) is 26.2 Å². The smallest absolute Gasteiger partial charge is 0.251 e. The van der Waals surface area contributed by atoms with E-state index in [0.29, 0.717) is 22.4 Å². The molecule has 2 N–H and O–H groups in total. The number of hydrogen-bond acceptors (Lipinski definition) is 3. The van der Waals surface area contributed by atoms with Crippen LogP contribution in [0.3, 0.4) is 0 Å². The normalized spacial score (nSPS) is 24.9. The van der Waals surface area contributed by atoms with Crippen molar-refractivity contribution in [3.05, 3.63) is 34.9 Å². The molecular weight excluding hydrogens is 302 g/mol. The molecule has 0 saturated carbocycles. The molecule has 3 atom stereocenters. The van der Waals surface area contributed by atoms with E-state index in [1.807, 2.05) is 4.90 Å². The zero-order chi connectivity index (χ0) is 15.7. The Kier molecular flexibility index (Phi) is 4.36. The number of carbonyl (C=O) groups excluding carboxylic acids is 2. The molecule has 1 unspecified atom stereocenters. The summed E-state index contributed by atoms with van der Waals surface area (Å²) in [4.78, 5) is 26.5. The zero-order valence-electron chi connectivity index (χ0n) is 12.5. The molecule has 2 heterocycles. The van der Waals surface area contributed by atoms with Crippen LogP contribution in [0, 0.1) is 11.8 Å². The average molecular weight is 322 g/mol. The highest BCUT2D eigenvalue weighted by molar-refractivity contribution is 6.30. The number of amides is 2. The molecule has 5 nitrogen and oxygen atoms in total. The first kappa shape index (κ1) is 15.3. The minimum Gasteiger partial charge on any atom is -0.341 e. The maximum absolute atomic E-state index is 12.5. The fraction of sp³-hybridized carbons (Fsp3) is 0.500. The van der Waals surface area contributed by atoms with Crippen molar-refractivity contribution in [2.45, 2.75) is 13.0 Å². The Morgan fingerprint density at radius 1 is 1.23 bits per heavy atom. The van der Waals surface area contributed by atoms with Crippen LogP contribution >= 0.6 is 11.6 Å². The van der Waals surface area contributed by atoms with E-state index in [2.05, 4.69) is 10.6 Å². The van der Waals surface area contributed by atoms with Gasteiger partial charge in [-0.3, -0.25) is 9.59 Å². The molecule has 3 rings (SSSR count). The molecule has 1 aromatic carbocycles. The first-order chi connectivity index (χ1) is 10.5. The van der Waals surface area contributed by atoms with Crippen molar-refractivity contribution < 1.29 is 9.59 Å². The van der Waals surface area contributed by atoms with Crippen LogP contribution in [0.5, 0.6) is 0 Å². The zero-order valence-corrected chi connectivity index (χ0v) is 13.3. The third-order valence-corrected chi connectivity index (χ3v) is 4.78. The number of nitrogens with zero attached hydrogens (tertiary/aromatic N) is 1. The number of halogens is 1. The van der Waals surface area contributed by atoms with E-state index in [-0.39, 0.29) is 11.8 Å². The first-order valence-corrected chi connectivity index (χ1v) is 7.98. The minimum atomic E-state index is -0.519. The van der Waals surface area contributed by atoms with Gasteiger partial charge >= 0.3 is 0 Å². The maximum Gasteiger partial charge on any atom is 0.251 e. The molecule has 0 aliphatic carbocycles. The Labute approximate surface area is 135 Å². The molecule has 118 valence electrons. The van der Waals surface area contributed by atoms with E-state index < -0.39 is 6.04 Å². The van der Waals surface area contributed by atoms with Gasteiger partial charge in [0.1, 0.15) is 6.04 Å². The summed E-state index contributed by atoms with van der Waals surface area (Å²) < 4.78 is 0. The predicted molar refractivity (Wildman–Crippen MR) is 84.8 cm³/mol. The van der Waals surface area contributed by atoms with Gasteiger partial charge in [-0.15, -0.1) is 0 Å². The SMILES string of the molecule is CC(NC(=O)c1ccc(Cl)cc1)C(=O)N1C[C@H]2CNC[C@H]2C1. The summed E-state index contributed by atoms with van der Waals surface area (Å²) in [6.07, 6.45) is 0. The fourth-order valence-corrected chi connectivity index (χ4v) is 3.38. The van der Waals surface area contributed by atoms with Crippen LogP contribution in [0.1, 0.15) is 17.3 Å². The first-order valence-electron chi connectivity index (χ1n) is 7.60. The molecular formula is C16H20ClN3O2. The fourth-order valence-electron chi connectivity index (χ4n) is 3.25. The molecule has 2 amide bonds. The Bertz CT molecular complexity index is 563. The summed E-state index contributed by atoms with van der Waals surface area (Å²) in [6.45, 7) is 5.29. The van der Waals surface area contributed by atoms with Gasteiger partial charge in [-0.1, -0.05) is 11.6 Å². The standard InChI is InChI=1S/C16H20ClN3O2/c1-10(19-15(21)11-2-4-14(17)5-3-11)16(22)20-8-12-6-18-7-13(12)9-20/h2-5,10,12-13,18H,6-9H2,1H3,(H,19,21)/t10?,12-,13+. The Hall–Kier alpha value is -1.59. The van der Waals surface area contributed by atoms with Crippen LogP contribution in [0.4, 0.5) is 0 Å². The average Bonchev–Trinajstić information content (AvgIpc) is 3.08. The van der Waals surface area contributed by atoms with E-state index in [0.717, 1.165) is 26.2 Å². The molecule has 0 spiro atoms. The van der Waals surface area contributed by atoms with Crippen LogP contribution in [-0.2, 0) is 4.79 Å². The summed E-state index contributed by atoms with van der Waals surface area (Å²) in [7, 11) is 0. The number of benzene rings is 1. The quantitative estimate of drug-likeness (QED) is 0.877. The number of fused-ring (bicyclic) bond motifs is 1. The van der Waals surface area contributed by atoms with Crippen molar-refractivity contribution >= 4 is 23.4 Å². The number of hydrogen-bond donors (Lipinski definition) is 2. The van der Waals surface area contributed by atoms with Gasteiger partial charge in [-0.25, -0.2) is 0 Å². The van der Waals surface area contributed by atoms with E-state index in [9.17, 15) is 9.59 Å². The molecule has 2 fully saturated rings. The van der Waals surface area contributed by atoms with Gasteiger partial charge in [0.25, 0.3) is 5.91 Å². The number of likely N-dealkylation sites (tertiary alicyclic amines) is 1. The van der Waals surface area contributed by atoms with Gasteiger partial charge in [-0.2, -0.15) is 0 Å². The molecule has 0 bridgehead atoms. The monoisotopic (exact) mass is 321 g/mol. The van der Waals surface area contributed by atoms with Gasteiger partial charge < -0.3 is 15.5 Å². The molecule has 0 aromatic heterocycles. The molecule has 1 aromatic rings. The highest BCUT2D eigenvalue weighted by Gasteiger charge is 2.39. The molecule has 0 radical (unpaired) electrons. The minimum absolute atomic E-state index is 0.00304. The lowest BCUT2D eigenvalue weighted by molar-refractivity contribution is -0.132. The van der Waals surface area contributed by atoms with Crippen LogP contribution < -0.4 is 10.6 Å². The van der Waals surface area contributed by atoms with Crippen molar-refractivity contribution in [1.82, 2.24) is 15.5 Å². The van der Waals surface area contributed by atoms with Crippen LogP contribution in [0.15, 0.2) is 24.3 Å². The van der Waals surface area contributed by atoms with Crippen LogP contribution in [0.25, 0.3) is 0 Å². The van der Waals surface area contributed by atoms with Gasteiger partial charge in [0, 0.05) is 36.8 Å². The summed E-state index contributed by atoms with van der Waals surface area (Å²) in [5.74, 6) is 0.863. The maximum atomic E-state index is 12.5. The van der Waals surface area contributed by atoms with Gasteiger partial charge in [0.05, 0.1) is 0 Å². The second-order valence-corrected chi connectivity index (χ2v) is 6.56. The van der Waals surface area contributed by atoms with Gasteiger partial charge in [0.2, 0.25) is 5.91 Å². The Balaban J connectivity index is 1.57. The van der Waals surface area contributed by atoms with Crippen LogP contribution in [0.2, 0.25) is 5.02 Å². The number of rotatable bonds is 3. The van der Waals surface area contributed by atoms with Crippen molar-refractivity contribution in [2.24, 2.45) is 11.8 Å². The Morgan fingerprint density at radius 2 is 1.82 bits per heavy atom. The highest BCUT2D eigenvalue weighted by atomic mass is 35.5. The predicted octanol–water partition coefficient (Wildman–Crippen LogP) is 1.14. The second kappa shape index (κ2) is 6.26. The molecule has 22 heavy (non-hydrogen) atoms. The number of carbonyl (C=O) groups is 2. The Morgan fingerprint density at radius 3 is 2.41 bits per heavy atom. The molecule has 2 saturated heterocycles. The topological polar surface area (TPSA) is 61.4 Å². The summed E-state index contributed by atoms with van der Waals surface area (Å²) in [6, 6.07) is 6.12. The lowest BCUT2D eigenvalue weighted by atomic mass is 10.0. The van der Waals surface area contributed by atoms with Crippen molar-refractivity contribution in [3.8, 4) is 0 Å². The third kappa shape index (κ3) is 3.10. The van der Waals surface area contributed by atoms with E-state index in [1.54, 1.807) is 31.2 Å². The summed E-state index contributed by atoms with van der Waals surface area (Å²) >= 11 is 5.81. The van der Waals surface area contributed by atoms with E-state index in [1.165, 1.54) is 0 Å². The summed E-state index contributed by atoms with van der Waals surface area (Å²) in [5.41, 5.74) is 0.506. The van der Waals surface area contributed by atoms with Crippen molar-refractivity contribution in [1.29, 1.82) is 0 Å².